The van der Waals surface area contributed by atoms with Crippen molar-refractivity contribution in [2.24, 2.45) is 17.3 Å². The van der Waals surface area contributed by atoms with Gasteiger partial charge in [-0.25, -0.2) is 8.78 Å². The summed E-state index contributed by atoms with van der Waals surface area (Å²) in [4.78, 5) is 10.6. The van der Waals surface area contributed by atoms with Gasteiger partial charge in [0.15, 0.2) is 0 Å². The fourth-order valence-corrected chi connectivity index (χ4v) is 1.48. The standard InChI is InChI=1S/C8H12F2O2/c1-8(2,7(11)12)5-3-4(5)6(9)10/h4-6H,3H2,1-2H3,(H,11,12). The van der Waals surface area contributed by atoms with Gasteiger partial charge in [-0.1, -0.05) is 0 Å². The van der Waals surface area contributed by atoms with Crippen LogP contribution in [0.2, 0.25) is 0 Å². The Morgan fingerprint density at radius 2 is 2.08 bits per heavy atom. The summed E-state index contributed by atoms with van der Waals surface area (Å²) >= 11 is 0. The molecule has 1 rings (SSSR count). The molecule has 0 aromatic carbocycles. The molecule has 0 aromatic heterocycles. The first-order valence-corrected chi connectivity index (χ1v) is 3.89. The number of hydrogen-bond acceptors (Lipinski definition) is 1. The van der Waals surface area contributed by atoms with Gasteiger partial charge >= 0.3 is 5.97 Å². The van der Waals surface area contributed by atoms with Gasteiger partial charge in [0.25, 0.3) is 0 Å². The molecule has 1 aliphatic rings. The Morgan fingerprint density at radius 3 is 2.33 bits per heavy atom. The van der Waals surface area contributed by atoms with Crippen molar-refractivity contribution in [3.63, 3.8) is 0 Å². The zero-order valence-corrected chi connectivity index (χ0v) is 7.05. The first-order valence-electron chi connectivity index (χ1n) is 3.89. The van der Waals surface area contributed by atoms with E-state index >= 15 is 0 Å². The maximum atomic E-state index is 12.1. The van der Waals surface area contributed by atoms with Crippen molar-refractivity contribution in [2.45, 2.75) is 26.7 Å². The van der Waals surface area contributed by atoms with E-state index in [1.54, 1.807) is 0 Å². The smallest absolute Gasteiger partial charge is 0.309 e. The van der Waals surface area contributed by atoms with E-state index in [4.69, 9.17) is 5.11 Å². The van der Waals surface area contributed by atoms with E-state index in [1.165, 1.54) is 13.8 Å². The second-order valence-corrected chi connectivity index (χ2v) is 3.87. The van der Waals surface area contributed by atoms with Crippen LogP contribution in [0.25, 0.3) is 0 Å². The van der Waals surface area contributed by atoms with Crippen molar-refractivity contribution in [2.75, 3.05) is 0 Å². The second kappa shape index (κ2) is 2.68. The van der Waals surface area contributed by atoms with Crippen LogP contribution in [0.5, 0.6) is 0 Å². The zero-order valence-electron chi connectivity index (χ0n) is 7.05. The maximum absolute atomic E-state index is 12.1. The van der Waals surface area contributed by atoms with Gasteiger partial charge in [0.1, 0.15) is 0 Å². The van der Waals surface area contributed by atoms with Gasteiger partial charge in [-0.3, -0.25) is 4.79 Å². The summed E-state index contributed by atoms with van der Waals surface area (Å²) in [7, 11) is 0. The summed E-state index contributed by atoms with van der Waals surface area (Å²) in [5.41, 5.74) is -0.999. The molecule has 2 nitrogen and oxygen atoms in total. The van der Waals surface area contributed by atoms with Gasteiger partial charge in [-0.05, 0) is 26.2 Å². The highest BCUT2D eigenvalue weighted by Crippen LogP contribution is 2.53. The van der Waals surface area contributed by atoms with E-state index in [0.717, 1.165) is 0 Å². The van der Waals surface area contributed by atoms with Crippen LogP contribution in [0.4, 0.5) is 8.78 Å². The Labute approximate surface area is 69.6 Å². The first kappa shape index (κ1) is 9.42. The minimum atomic E-state index is -2.37. The normalized spacial score (nSPS) is 29.1. The van der Waals surface area contributed by atoms with Crippen molar-refractivity contribution < 1.29 is 18.7 Å². The van der Waals surface area contributed by atoms with Gasteiger partial charge in [0.2, 0.25) is 6.43 Å². The molecule has 2 unspecified atom stereocenters. The largest absolute Gasteiger partial charge is 0.481 e. The Kier molecular flexibility index (Phi) is 2.10. The number of halogens is 2. The molecule has 70 valence electrons. The molecule has 1 fully saturated rings. The molecule has 0 spiro atoms. The predicted molar refractivity (Wildman–Crippen MR) is 39.0 cm³/mol. The van der Waals surface area contributed by atoms with Gasteiger partial charge in [0.05, 0.1) is 5.41 Å². The summed E-state index contributed by atoms with van der Waals surface area (Å²) in [5.74, 6) is -2.04. The number of carboxylic acid groups (broad SMARTS) is 1. The van der Waals surface area contributed by atoms with Crippen LogP contribution in [0.15, 0.2) is 0 Å². The highest BCUT2D eigenvalue weighted by molar-refractivity contribution is 5.74. The van der Waals surface area contributed by atoms with E-state index in [0.29, 0.717) is 6.42 Å². The number of hydrogen-bond donors (Lipinski definition) is 1. The van der Waals surface area contributed by atoms with Gasteiger partial charge in [-0.2, -0.15) is 0 Å². The molecule has 0 bridgehead atoms. The highest BCUT2D eigenvalue weighted by atomic mass is 19.3. The van der Waals surface area contributed by atoms with E-state index in [-0.39, 0.29) is 5.92 Å². The number of rotatable bonds is 3. The minimum Gasteiger partial charge on any atom is -0.481 e. The highest BCUT2D eigenvalue weighted by Gasteiger charge is 2.55. The van der Waals surface area contributed by atoms with Gasteiger partial charge in [0, 0.05) is 5.92 Å². The molecule has 0 radical (unpaired) electrons. The average molecular weight is 178 g/mol. The summed E-state index contributed by atoms with van der Waals surface area (Å²) in [6.07, 6.45) is -2.02. The summed E-state index contributed by atoms with van der Waals surface area (Å²) < 4.78 is 24.1. The van der Waals surface area contributed by atoms with Gasteiger partial charge in [-0.15, -0.1) is 0 Å². The maximum Gasteiger partial charge on any atom is 0.309 e. The third kappa shape index (κ3) is 1.42. The molecule has 0 aliphatic heterocycles. The van der Waals surface area contributed by atoms with Crippen LogP contribution in [-0.4, -0.2) is 17.5 Å². The Bertz CT molecular complexity index is 201. The molecule has 4 heteroatoms. The van der Waals surface area contributed by atoms with Crippen LogP contribution < -0.4 is 0 Å². The van der Waals surface area contributed by atoms with E-state index in [9.17, 15) is 13.6 Å². The summed E-state index contributed by atoms with van der Waals surface area (Å²) in [6.45, 7) is 3.00. The summed E-state index contributed by atoms with van der Waals surface area (Å²) in [5, 5.41) is 8.71. The third-order valence-corrected chi connectivity index (χ3v) is 2.64. The second-order valence-electron chi connectivity index (χ2n) is 3.87. The molecule has 2 atom stereocenters. The van der Waals surface area contributed by atoms with Crippen LogP contribution in [0.3, 0.4) is 0 Å². The number of aliphatic carboxylic acids is 1. The Morgan fingerprint density at radius 1 is 1.58 bits per heavy atom. The van der Waals surface area contributed by atoms with Crippen LogP contribution in [0.1, 0.15) is 20.3 Å². The summed E-state index contributed by atoms with van der Waals surface area (Å²) in [6, 6.07) is 0. The molecule has 1 N–H and O–H groups in total. The lowest BCUT2D eigenvalue weighted by molar-refractivity contribution is -0.148. The van der Waals surface area contributed by atoms with Gasteiger partial charge < -0.3 is 5.11 Å². The van der Waals surface area contributed by atoms with Crippen LogP contribution in [0, 0.1) is 17.3 Å². The Hall–Kier alpha value is -0.670. The number of carboxylic acids is 1. The lowest BCUT2D eigenvalue weighted by atomic mass is 9.86. The van der Waals surface area contributed by atoms with Crippen molar-refractivity contribution in [1.82, 2.24) is 0 Å². The van der Waals surface area contributed by atoms with Crippen LogP contribution >= 0.6 is 0 Å². The quantitative estimate of drug-likeness (QED) is 0.717. The van der Waals surface area contributed by atoms with E-state index in [2.05, 4.69) is 0 Å². The molecule has 0 aromatic rings. The lowest BCUT2D eigenvalue weighted by Crippen LogP contribution is -2.27. The molecule has 1 saturated carbocycles. The van der Waals surface area contributed by atoms with Crippen molar-refractivity contribution in [3.8, 4) is 0 Å². The van der Waals surface area contributed by atoms with Crippen molar-refractivity contribution in [3.05, 3.63) is 0 Å². The molecule has 0 saturated heterocycles. The predicted octanol–water partition coefficient (Wildman–Crippen LogP) is 2.00. The monoisotopic (exact) mass is 178 g/mol. The average Bonchev–Trinajstić information content (AvgIpc) is 2.63. The lowest BCUT2D eigenvalue weighted by Gasteiger charge is -2.18. The zero-order chi connectivity index (χ0) is 9.52. The Balaban J connectivity index is 2.58. The molecule has 0 heterocycles. The van der Waals surface area contributed by atoms with E-state index < -0.39 is 23.7 Å². The molecule has 1 aliphatic carbocycles. The molecular weight excluding hydrogens is 166 g/mol. The van der Waals surface area contributed by atoms with E-state index in [1.807, 2.05) is 0 Å². The topological polar surface area (TPSA) is 37.3 Å². The first-order chi connectivity index (χ1) is 5.37. The fourth-order valence-electron chi connectivity index (χ4n) is 1.48. The molecule has 12 heavy (non-hydrogen) atoms. The SMILES string of the molecule is CC(C)(C(=O)O)C1CC1C(F)F. The van der Waals surface area contributed by atoms with Crippen LogP contribution in [-0.2, 0) is 4.79 Å². The number of alkyl halides is 2. The fraction of sp³-hybridized carbons (Fsp3) is 0.875. The third-order valence-electron chi connectivity index (χ3n) is 2.64. The van der Waals surface area contributed by atoms with Crippen molar-refractivity contribution >= 4 is 5.97 Å². The minimum absolute atomic E-state index is 0.344. The van der Waals surface area contributed by atoms with Crippen molar-refractivity contribution in [1.29, 1.82) is 0 Å². The molecule has 0 amide bonds. The molecular formula is C8H12F2O2. The number of carbonyl (C=O) groups is 1.